The maximum atomic E-state index is 11.5. The zero-order valence-corrected chi connectivity index (χ0v) is 16.1. The van der Waals surface area contributed by atoms with Gasteiger partial charge in [0.05, 0.1) is 10.9 Å². The number of thiophene rings is 1. The molecule has 0 aliphatic carbocycles. The second-order valence-electron chi connectivity index (χ2n) is 6.50. The van der Waals surface area contributed by atoms with Gasteiger partial charge in [-0.25, -0.2) is 4.98 Å². The Kier molecular flexibility index (Phi) is 4.68. The van der Waals surface area contributed by atoms with Crippen molar-refractivity contribution in [2.75, 3.05) is 13.1 Å². The summed E-state index contributed by atoms with van der Waals surface area (Å²) in [5.41, 5.74) is 5.47. The van der Waals surface area contributed by atoms with E-state index in [2.05, 4.69) is 21.0 Å². The molecule has 7 nitrogen and oxygen atoms in total. The van der Waals surface area contributed by atoms with Gasteiger partial charge in [-0.1, -0.05) is 24.3 Å². The highest BCUT2D eigenvalue weighted by Crippen LogP contribution is 2.42. The fourth-order valence-corrected chi connectivity index (χ4v) is 5.55. The number of primary amides is 1. The predicted molar refractivity (Wildman–Crippen MR) is 102 cm³/mol. The number of amides is 1. The van der Waals surface area contributed by atoms with E-state index in [-0.39, 0.29) is 23.7 Å². The number of piperidine rings is 1. The van der Waals surface area contributed by atoms with E-state index in [1.165, 1.54) is 15.9 Å². The molecule has 4 rings (SSSR count). The smallest absolute Gasteiger partial charge is 0.230 e. The van der Waals surface area contributed by atoms with Gasteiger partial charge in [0.15, 0.2) is 5.82 Å². The predicted octanol–water partition coefficient (Wildman–Crippen LogP) is 2.41. The van der Waals surface area contributed by atoms with Crippen molar-refractivity contribution < 1.29 is 9.90 Å². The zero-order valence-electron chi connectivity index (χ0n) is 14.5. The van der Waals surface area contributed by atoms with Crippen LogP contribution in [0.15, 0.2) is 17.5 Å². The number of nitrogens with zero attached hydrogens (tertiary/aromatic N) is 4. The minimum atomic E-state index is -0.217. The first kappa shape index (κ1) is 17.4. The average Bonchev–Trinajstić information content (AvgIpc) is 3.35. The highest BCUT2D eigenvalue weighted by molar-refractivity contribution is 7.17. The van der Waals surface area contributed by atoms with Gasteiger partial charge in [0.25, 0.3) is 0 Å². The SMILES string of the molecule is CCc1nc2sc([C@H](c3cccs3)N3CCC(C(N)=O)CC3)c(O)n2n1. The summed E-state index contributed by atoms with van der Waals surface area (Å²) in [5, 5.41) is 17.2. The topological polar surface area (TPSA) is 96.8 Å². The number of hydrogen-bond acceptors (Lipinski definition) is 7. The summed E-state index contributed by atoms with van der Waals surface area (Å²) in [6.45, 7) is 3.53. The van der Waals surface area contributed by atoms with E-state index in [1.54, 1.807) is 11.3 Å². The Morgan fingerprint density at radius 3 is 2.81 bits per heavy atom. The monoisotopic (exact) mass is 391 g/mol. The van der Waals surface area contributed by atoms with Crippen LogP contribution in [0.4, 0.5) is 0 Å². The molecule has 3 aromatic rings. The molecule has 1 saturated heterocycles. The van der Waals surface area contributed by atoms with Gasteiger partial charge in [-0.3, -0.25) is 9.69 Å². The van der Waals surface area contributed by atoms with Gasteiger partial charge in [0.1, 0.15) is 0 Å². The first-order valence-corrected chi connectivity index (χ1v) is 10.4. The highest BCUT2D eigenvalue weighted by atomic mass is 32.1. The fraction of sp³-hybridized carbons (Fsp3) is 0.471. The maximum absolute atomic E-state index is 11.5. The van der Waals surface area contributed by atoms with Gasteiger partial charge < -0.3 is 10.8 Å². The lowest BCUT2D eigenvalue weighted by Gasteiger charge is -2.35. The Balaban J connectivity index is 1.70. The maximum Gasteiger partial charge on any atom is 0.230 e. The Morgan fingerprint density at radius 1 is 1.46 bits per heavy atom. The van der Waals surface area contributed by atoms with Crippen molar-refractivity contribution in [3.63, 3.8) is 0 Å². The molecule has 0 spiro atoms. The summed E-state index contributed by atoms with van der Waals surface area (Å²) in [6, 6.07) is 4.05. The molecular formula is C17H21N5O2S2. The summed E-state index contributed by atoms with van der Waals surface area (Å²) in [7, 11) is 0. The van der Waals surface area contributed by atoms with E-state index in [4.69, 9.17) is 5.73 Å². The molecule has 0 bridgehead atoms. The van der Waals surface area contributed by atoms with Crippen LogP contribution in [0, 0.1) is 5.92 Å². The third-order valence-corrected chi connectivity index (χ3v) is 6.92. The lowest BCUT2D eigenvalue weighted by atomic mass is 9.94. The molecule has 9 heteroatoms. The van der Waals surface area contributed by atoms with Gasteiger partial charge >= 0.3 is 0 Å². The molecule has 0 saturated carbocycles. The van der Waals surface area contributed by atoms with Crippen LogP contribution >= 0.6 is 22.7 Å². The van der Waals surface area contributed by atoms with Crippen molar-refractivity contribution in [2.24, 2.45) is 11.7 Å². The van der Waals surface area contributed by atoms with E-state index in [0.29, 0.717) is 4.96 Å². The van der Waals surface area contributed by atoms with Gasteiger partial charge in [0.2, 0.25) is 16.7 Å². The Bertz CT molecular complexity index is 909. The van der Waals surface area contributed by atoms with Crippen molar-refractivity contribution in [2.45, 2.75) is 32.2 Å². The summed E-state index contributed by atoms with van der Waals surface area (Å²) in [5.74, 6) is 0.616. The molecule has 1 fully saturated rings. The van der Waals surface area contributed by atoms with Gasteiger partial charge in [-0.2, -0.15) is 4.52 Å². The molecule has 138 valence electrons. The molecule has 0 aromatic carbocycles. The Labute approximate surface area is 159 Å². The summed E-state index contributed by atoms with van der Waals surface area (Å²) in [4.78, 5) is 21.0. The molecular weight excluding hydrogens is 370 g/mol. The second-order valence-corrected chi connectivity index (χ2v) is 8.48. The summed E-state index contributed by atoms with van der Waals surface area (Å²) >= 11 is 3.15. The lowest BCUT2D eigenvalue weighted by molar-refractivity contribution is -0.123. The first-order chi connectivity index (χ1) is 12.6. The molecule has 0 radical (unpaired) electrons. The Hall–Kier alpha value is -1.97. The molecule has 1 amide bonds. The molecule has 4 heterocycles. The van der Waals surface area contributed by atoms with Gasteiger partial charge in [0, 0.05) is 17.2 Å². The largest absolute Gasteiger partial charge is 0.492 e. The second kappa shape index (κ2) is 6.98. The van der Waals surface area contributed by atoms with Crippen LogP contribution in [0.1, 0.15) is 41.4 Å². The van der Waals surface area contributed by atoms with Crippen LogP contribution in [-0.4, -0.2) is 43.6 Å². The van der Waals surface area contributed by atoms with Crippen molar-refractivity contribution >= 4 is 33.5 Å². The normalized spacial score (nSPS) is 17.7. The third kappa shape index (κ3) is 3.00. The van der Waals surface area contributed by atoms with Crippen LogP contribution in [0.5, 0.6) is 5.88 Å². The molecule has 3 N–H and O–H groups in total. The quantitative estimate of drug-likeness (QED) is 0.696. The Morgan fingerprint density at radius 2 is 2.23 bits per heavy atom. The number of likely N-dealkylation sites (tertiary alicyclic amines) is 1. The number of aromatic hydroxyl groups is 1. The highest BCUT2D eigenvalue weighted by Gasteiger charge is 2.33. The molecule has 1 aliphatic rings. The number of thiazole rings is 1. The number of aryl methyl sites for hydroxylation is 1. The standard InChI is InChI=1S/C17H21N5O2S2/c1-2-12-19-17-22(20-12)16(24)14(26-17)13(11-4-3-9-25-11)21-7-5-10(6-8-21)15(18)23/h3-4,9-10,13,24H,2,5-8H2,1H3,(H2,18,23)/t13-/m0/s1. The van der Waals surface area contributed by atoms with E-state index < -0.39 is 0 Å². The van der Waals surface area contributed by atoms with Crippen molar-refractivity contribution in [1.82, 2.24) is 19.5 Å². The minimum Gasteiger partial charge on any atom is -0.492 e. The minimum absolute atomic E-state index is 0.0533. The van der Waals surface area contributed by atoms with Crippen LogP contribution in [0.2, 0.25) is 0 Å². The van der Waals surface area contributed by atoms with Crippen LogP contribution in [0.3, 0.4) is 0 Å². The molecule has 0 unspecified atom stereocenters. The number of carbonyl (C=O) groups excluding carboxylic acids is 1. The summed E-state index contributed by atoms with van der Waals surface area (Å²) < 4.78 is 1.54. The number of carbonyl (C=O) groups is 1. The molecule has 3 aromatic heterocycles. The van der Waals surface area contributed by atoms with E-state index in [1.807, 2.05) is 18.4 Å². The van der Waals surface area contributed by atoms with Crippen molar-refractivity contribution in [3.05, 3.63) is 33.1 Å². The van der Waals surface area contributed by atoms with Crippen LogP contribution in [-0.2, 0) is 11.2 Å². The average molecular weight is 392 g/mol. The van der Waals surface area contributed by atoms with Crippen molar-refractivity contribution in [3.8, 4) is 5.88 Å². The van der Waals surface area contributed by atoms with Crippen molar-refractivity contribution in [1.29, 1.82) is 0 Å². The number of rotatable bonds is 5. The molecule has 26 heavy (non-hydrogen) atoms. The van der Waals surface area contributed by atoms with Gasteiger partial charge in [-0.15, -0.1) is 16.4 Å². The van der Waals surface area contributed by atoms with Gasteiger partial charge in [-0.05, 0) is 37.4 Å². The van der Waals surface area contributed by atoms with E-state index >= 15 is 0 Å². The number of fused-ring (bicyclic) bond motifs is 1. The summed E-state index contributed by atoms with van der Waals surface area (Å²) in [6.07, 6.45) is 2.23. The first-order valence-electron chi connectivity index (χ1n) is 8.72. The number of aromatic nitrogens is 3. The zero-order chi connectivity index (χ0) is 18.3. The number of hydrogen-bond donors (Lipinski definition) is 2. The third-order valence-electron chi connectivity index (χ3n) is 4.92. The lowest BCUT2D eigenvalue weighted by Crippen LogP contribution is -2.40. The molecule has 1 atom stereocenters. The fourth-order valence-electron chi connectivity index (χ4n) is 3.48. The van der Waals surface area contributed by atoms with Crippen LogP contribution in [0.25, 0.3) is 4.96 Å². The van der Waals surface area contributed by atoms with E-state index in [0.717, 1.165) is 47.9 Å². The van der Waals surface area contributed by atoms with Crippen LogP contribution < -0.4 is 5.73 Å². The van der Waals surface area contributed by atoms with E-state index in [9.17, 15) is 9.90 Å². The molecule has 1 aliphatic heterocycles. The number of nitrogens with two attached hydrogens (primary N) is 1.